The number of aliphatic imine (C=N–C) groups is 1. The van der Waals surface area contributed by atoms with Gasteiger partial charge in [0.15, 0.2) is 5.96 Å². The highest BCUT2D eigenvalue weighted by molar-refractivity contribution is 5.86. The number of hydrogen-bond donors (Lipinski definition) is 3. The van der Waals surface area contributed by atoms with Crippen LogP contribution in [0.15, 0.2) is 29.3 Å². The van der Waals surface area contributed by atoms with Gasteiger partial charge in [0.1, 0.15) is 11.4 Å². The summed E-state index contributed by atoms with van der Waals surface area (Å²) in [6.45, 7) is 7.70. The summed E-state index contributed by atoms with van der Waals surface area (Å²) in [6, 6.07) is 7.86. The van der Waals surface area contributed by atoms with E-state index in [2.05, 4.69) is 20.9 Å². The van der Waals surface area contributed by atoms with Gasteiger partial charge in [0.05, 0.1) is 13.2 Å². The van der Waals surface area contributed by atoms with Crippen LogP contribution in [0.5, 0.6) is 5.75 Å². The van der Waals surface area contributed by atoms with E-state index >= 15 is 0 Å². The van der Waals surface area contributed by atoms with Crippen molar-refractivity contribution < 1.29 is 14.3 Å². The van der Waals surface area contributed by atoms with E-state index in [1.165, 1.54) is 0 Å². The normalized spacial score (nSPS) is 11.8. The number of rotatable bonds is 8. The molecule has 1 aromatic carbocycles. The number of nitrogens with zero attached hydrogens (tertiary/aromatic N) is 1. The van der Waals surface area contributed by atoms with Crippen LogP contribution in [0.3, 0.4) is 0 Å². The molecule has 0 saturated carbocycles. The molecule has 0 spiro atoms. The number of ether oxygens (including phenoxy) is 2. The molecule has 1 rings (SSSR count). The first kappa shape index (κ1) is 20.8. The Morgan fingerprint density at radius 1 is 1.16 bits per heavy atom. The minimum atomic E-state index is -0.268. The number of methoxy groups -OCH3 is 1. The van der Waals surface area contributed by atoms with Crippen LogP contribution >= 0.6 is 0 Å². The van der Waals surface area contributed by atoms with Crippen molar-refractivity contribution in [2.45, 2.75) is 32.9 Å². The van der Waals surface area contributed by atoms with Gasteiger partial charge in [-0.15, -0.1) is 0 Å². The van der Waals surface area contributed by atoms with Crippen LogP contribution in [0.2, 0.25) is 0 Å². The van der Waals surface area contributed by atoms with Crippen LogP contribution in [0.4, 0.5) is 0 Å². The molecule has 140 valence electrons. The lowest BCUT2D eigenvalue weighted by Crippen LogP contribution is -2.43. The number of benzene rings is 1. The lowest BCUT2D eigenvalue weighted by Gasteiger charge is -2.23. The molecular weight excluding hydrogens is 320 g/mol. The summed E-state index contributed by atoms with van der Waals surface area (Å²) in [4.78, 5) is 15.8. The van der Waals surface area contributed by atoms with E-state index in [-0.39, 0.29) is 18.1 Å². The maximum atomic E-state index is 11.7. The Bertz CT molecular complexity index is 568. The molecule has 0 radical (unpaired) electrons. The lowest BCUT2D eigenvalue weighted by atomic mass is 10.1. The quantitative estimate of drug-likeness (QED) is 0.374. The molecule has 0 fully saturated rings. The Morgan fingerprint density at radius 3 is 2.52 bits per heavy atom. The second-order valence-electron chi connectivity index (χ2n) is 6.44. The fraction of sp³-hybridized carbons (Fsp3) is 0.556. The molecule has 1 aromatic rings. The van der Waals surface area contributed by atoms with Crippen LogP contribution in [0.1, 0.15) is 26.3 Å². The summed E-state index contributed by atoms with van der Waals surface area (Å²) in [7, 11) is 3.26. The summed E-state index contributed by atoms with van der Waals surface area (Å²) in [6.07, 6.45) is 0. The third kappa shape index (κ3) is 8.95. The van der Waals surface area contributed by atoms with Crippen LogP contribution in [-0.4, -0.2) is 51.3 Å². The number of carbonyl (C=O) groups excluding carboxylic acids is 1. The number of carbonyl (C=O) groups is 1. The SMILES string of the molecule is CN=C(NCC(=O)NCCOC)NCc1ccccc1OC(C)(C)C. The monoisotopic (exact) mass is 350 g/mol. The summed E-state index contributed by atoms with van der Waals surface area (Å²) < 4.78 is 10.9. The van der Waals surface area contributed by atoms with Gasteiger partial charge < -0.3 is 25.4 Å². The van der Waals surface area contributed by atoms with E-state index in [4.69, 9.17) is 9.47 Å². The van der Waals surface area contributed by atoms with E-state index < -0.39 is 0 Å². The standard InChI is InChI=1S/C18H30N4O3/c1-18(2,3)25-15-9-7-6-8-14(15)12-21-17(19-4)22-13-16(23)20-10-11-24-5/h6-9H,10-13H2,1-5H3,(H,20,23)(H2,19,21,22). The first-order chi connectivity index (χ1) is 11.9. The molecule has 0 aromatic heterocycles. The van der Waals surface area contributed by atoms with Crippen molar-refractivity contribution in [1.29, 1.82) is 0 Å². The maximum Gasteiger partial charge on any atom is 0.239 e. The lowest BCUT2D eigenvalue weighted by molar-refractivity contribution is -0.120. The van der Waals surface area contributed by atoms with Crippen molar-refractivity contribution in [2.24, 2.45) is 4.99 Å². The van der Waals surface area contributed by atoms with Gasteiger partial charge in [0.25, 0.3) is 0 Å². The molecule has 0 unspecified atom stereocenters. The van der Waals surface area contributed by atoms with Gasteiger partial charge in [0, 0.05) is 32.8 Å². The second kappa shape index (κ2) is 10.6. The fourth-order valence-corrected chi connectivity index (χ4v) is 2.00. The Labute approximate surface area is 150 Å². The Balaban J connectivity index is 2.51. The third-order valence-corrected chi connectivity index (χ3v) is 3.10. The summed E-state index contributed by atoms with van der Waals surface area (Å²) >= 11 is 0. The Kier molecular flexibility index (Phi) is 8.77. The van der Waals surface area contributed by atoms with Gasteiger partial charge in [-0.1, -0.05) is 18.2 Å². The van der Waals surface area contributed by atoms with Gasteiger partial charge in [-0.25, -0.2) is 0 Å². The zero-order chi connectivity index (χ0) is 18.7. The zero-order valence-electron chi connectivity index (χ0n) is 15.8. The number of guanidine groups is 1. The van der Waals surface area contributed by atoms with E-state index in [1.807, 2.05) is 45.0 Å². The zero-order valence-corrected chi connectivity index (χ0v) is 15.8. The van der Waals surface area contributed by atoms with Gasteiger partial charge in [-0.3, -0.25) is 9.79 Å². The van der Waals surface area contributed by atoms with Gasteiger partial charge >= 0.3 is 0 Å². The van der Waals surface area contributed by atoms with Crippen LogP contribution in [0, 0.1) is 0 Å². The molecular formula is C18H30N4O3. The van der Waals surface area contributed by atoms with Crippen LogP contribution < -0.4 is 20.7 Å². The molecule has 3 N–H and O–H groups in total. The van der Waals surface area contributed by atoms with E-state index in [1.54, 1.807) is 14.2 Å². The first-order valence-corrected chi connectivity index (χ1v) is 8.33. The van der Waals surface area contributed by atoms with Crippen LogP contribution in [0.25, 0.3) is 0 Å². The average Bonchev–Trinajstić information content (AvgIpc) is 2.55. The molecule has 0 atom stereocenters. The van der Waals surface area contributed by atoms with Crippen molar-refractivity contribution in [3.05, 3.63) is 29.8 Å². The predicted molar refractivity (Wildman–Crippen MR) is 99.9 cm³/mol. The third-order valence-electron chi connectivity index (χ3n) is 3.10. The minimum absolute atomic E-state index is 0.114. The van der Waals surface area contributed by atoms with Crippen molar-refractivity contribution >= 4 is 11.9 Å². The molecule has 7 nitrogen and oxygen atoms in total. The predicted octanol–water partition coefficient (Wildman–Crippen LogP) is 1.29. The number of para-hydroxylation sites is 1. The molecule has 0 aliphatic rings. The van der Waals surface area contributed by atoms with E-state index in [0.717, 1.165) is 11.3 Å². The minimum Gasteiger partial charge on any atom is -0.488 e. The molecule has 0 heterocycles. The summed E-state index contributed by atoms with van der Waals surface area (Å²) in [5.74, 6) is 1.26. The second-order valence-corrected chi connectivity index (χ2v) is 6.44. The number of nitrogens with one attached hydrogen (secondary N) is 3. The topological polar surface area (TPSA) is 84.0 Å². The van der Waals surface area contributed by atoms with Crippen LogP contribution in [-0.2, 0) is 16.1 Å². The smallest absolute Gasteiger partial charge is 0.239 e. The molecule has 0 saturated heterocycles. The molecule has 7 heteroatoms. The van der Waals surface area contributed by atoms with E-state index in [9.17, 15) is 4.79 Å². The number of hydrogen-bond acceptors (Lipinski definition) is 4. The highest BCUT2D eigenvalue weighted by atomic mass is 16.5. The van der Waals surface area contributed by atoms with E-state index in [0.29, 0.717) is 25.7 Å². The van der Waals surface area contributed by atoms with Gasteiger partial charge in [-0.2, -0.15) is 0 Å². The Hall–Kier alpha value is -2.28. The molecule has 25 heavy (non-hydrogen) atoms. The molecule has 0 aliphatic heterocycles. The summed E-state index contributed by atoms with van der Waals surface area (Å²) in [5.41, 5.74) is 0.751. The first-order valence-electron chi connectivity index (χ1n) is 8.33. The molecule has 0 bridgehead atoms. The molecule has 1 amide bonds. The van der Waals surface area contributed by atoms with Gasteiger partial charge in [0.2, 0.25) is 5.91 Å². The van der Waals surface area contributed by atoms with Crippen molar-refractivity contribution in [3.63, 3.8) is 0 Å². The van der Waals surface area contributed by atoms with Crippen molar-refractivity contribution in [2.75, 3.05) is 33.9 Å². The summed E-state index contributed by atoms with van der Waals surface area (Å²) in [5, 5.41) is 8.91. The Morgan fingerprint density at radius 2 is 1.88 bits per heavy atom. The fourth-order valence-electron chi connectivity index (χ4n) is 2.00. The highest BCUT2D eigenvalue weighted by Gasteiger charge is 2.14. The van der Waals surface area contributed by atoms with Gasteiger partial charge in [-0.05, 0) is 26.8 Å². The van der Waals surface area contributed by atoms with Crippen molar-refractivity contribution in [3.8, 4) is 5.75 Å². The number of amides is 1. The molecule has 0 aliphatic carbocycles. The van der Waals surface area contributed by atoms with Crippen molar-refractivity contribution in [1.82, 2.24) is 16.0 Å². The average molecular weight is 350 g/mol. The highest BCUT2D eigenvalue weighted by Crippen LogP contribution is 2.22. The maximum absolute atomic E-state index is 11.7. The largest absolute Gasteiger partial charge is 0.488 e.